The van der Waals surface area contributed by atoms with Gasteiger partial charge in [-0.2, -0.15) is 0 Å². The topological polar surface area (TPSA) is 90.0 Å². The molecule has 0 aromatic heterocycles. The molecule has 1 aliphatic heterocycles. The van der Waals surface area contributed by atoms with Gasteiger partial charge in [0, 0.05) is 6.54 Å². The summed E-state index contributed by atoms with van der Waals surface area (Å²) < 4.78 is 34.7. The Bertz CT molecular complexity index is 966. The molecule has 0 saturated heterocycles. The Kier molecular flexibility index (Phi) is 4.69. The van der Waals surface area contributed by atoms with Crippen molar-refractivity contribution in [2.24, 2.45) is 0 Å². The predicted octanol–water partition coefficient (Wildman–Crippen LogP) is 2.01. The summed E-state index contributed by atoms with van der Waals surface area (Å²) in [5, 5.41) is 0. The summed E-state index contributed by atoms with van der Waals surface area (Å²) in [4.78, 5) is 23.7. The molecule has 26 heavy (non-hydrogen) atoms. The molecule has 0 fully saturated rings. The summed E-state index contributed by atoms with van der Waals surface area (Å²) in [5.74, 6) is -0.741. The quantitative estimate of drug-likeness (QED) is 0.600. The van der Waals surface area contributed by atoms with E-state index in [1.165, 1.54) is 41.7 Å². The molecule has 0 spiro atoms. The first-order valence-corrected chi connectivity index (χ1v) is 9.65. The summed E-state index contributed by atoms with van der Waals surface area (Å²) in [6, 6.07) is 10.8. The molecule has 0 amide bonds. The third-order valence-electron chi connectivity index (χ3n) is 4.05. The standard InChI is InChI=1S/C18H17NO6S/c1-24-17(20)12-3-6-15(7-4-12)25-18(21)14-5-8-16-13(11-14)9-10-19(16)26(2,22)23/h3-8,11H,9-10H2,1-2H3. The van der Waals surface area contributed by atoms with E-state index in [9.17, 15) is 18.0 Å². The molecular weight excluding hydrogens is 358 g/mol. The minimum absolute atomic E-state index is 0.293. The Morgan fingerprint density at radius 2 is 1.65 bits per heavy atom. The van der Waals surface area contributed by atoms with Crippen molar-refractivity contribution in [3.63, 3.8) is 0 Å². The summed E-state index contributed by atoms with van der Waals surface area (Å²) in [6.07, 6.45) is 1.69. The Morgan fingerprint density at radius 3 is 2.27 bits per heavy atom. The van der Waals surface area contributed by atoms with Crippen LogP contribution in [0, 0.1) is 0 Å². The van der Waals surface area contributed by atoms with E-state index in [0.717, 1.165) is 11.8 Å². The summed E-state index contributed by atoms with van der Waals surface area (Å²) in [7, 11) is -2.04. The molecule has 8 heteroatoms. The van der Waals surface area contributed by atoms with Crippen molar-refractivity contribution in [1.82, 2.24) is 0 Å². The van der Waals surface area contributed by atoms with Crippen LogP contribution in [0.2, 0.25) is 0 Å². The third kappa shape index (κ3) is 3.55. The number of hydrogen-bond acceptors (Lipinski definition) is 6. The maximum absolute atomic E-state index is 12.3. The maximum Gasteiger partial charge on any atom is 0.343 e. The highest BCUT2D eigenvalue weighted by Crippen LogP contribution is 2.31. The molecule has 1 aliphatic rings. The molecule has 1 heterocycles. The number of benzene rings is 2. The summed E-state index contributed by atoms with van der Waals surface area (Å²) in [5.41, 5.74) is 2.05. The summed E-state index contributed by atoms with van der Waals surface area (Å²) >= 11 is 0. The van der Waals surface area contributed by atoms with Gasteiger partial charge in [0.1, 0.15) is 5.75 Å². The molecular formula is C18H17NO6S. The zero-order valence-corrected chi connectivity index (χ0v) is 15.1. The van der Waals surface area contributed by atoms with Crippen LogP contribution < -0.4 is 9.04 Å². The van der Waals surface area contributed by atoms with Crippen molar-refractivity contribution >= 4 is 27.6 Å². The average molecular weight is 375 g/mol. The number of ether oxygens (including phenoxy) is 2. The highest BCUT2D eigenvalue weighted by Gasteiger charge is 2.27. The van der Waals surface area contributed by atoms with Crippen LogP contribution >= 0.6 is 0 Å². The fourth-order valence-corrected chi connectivity index (χ4v) is 3.74. The number of hydrogen-bond donors (Lipinski definition) is 0. The van der Waals surface area contributed by atoms with Gasteiger partial charge in [-0.1, -0.05) is 0 Å². The van der Waals surface area contributed by atoms with E-state index in [2.05, 4.69) is 4.74 Å². The molecule has 2 aromatic rings. The molecule has 7 nitrogen and oxygen atoms in total. The number of nitrogens with zero attached hydrogens (tertiary/aromatic N) is 1. The first-order valence-electron chi connectivity index (χ1n) is 7.81. The Hall–Kier alpha value is -2.87. The van der Waals surface area contributed by atoms with Crippen LogP contribution in [0.3, 0.4) is 0 Å². The number of carbonyl (C=O) groups excluding carboxylic acids is 2. The molecule has 0 bridgehead atoms. The van der Waals surface area contributed by atoms with Gasteiger partial charge >= 0.3 is 11.9 Å². The van der Waals surface area contributed by atoms with Crippen molar-refractivity contribution in [3.8, 4) is 5.75 Å². The zero-order valence-electron chi connectivity index (χ0n) is 14.3. The molecule has 136 valence electrons. The Labute approximate surface area is 151 Å². The van der Waals surface area contributed by atoms with Gasteiger partial charge in [-0.3, -0.25) is 4.31 Å². The third-order valence-corrected chi connectivity index (χ3v) is 5.23. The van der Waals surface area contributed by atoms with Crippen LogP contribution in [0.15, 0.2) is 42.5 Å². The molecule has 0 aliphatic carbocycles. The van der Waals surface area contributed by atoms with Gasteiger partial charge < -0.3 is 9.47 Å². The number of esters is 2. The lowest BCUT2D eigenvalue weighted by atomic mass is 10.1. The largest absolute Gasteiger partial charge is 0.465 e. The van der Waals surface area contributed by atoms with E-state index in [1.54, 1.807) is 12.1 Å². The van der Waals surface area contributed by atoms with Crippen molar-refractivity contribution in [1.29, 1.82) is 0 Å². The second kappa shape index (κ2) is 6.80. The highest BCUT2D eigenvalue weighted by molar-refractivity contribution is 7.92. The van der Waals surface area contributed by atoms with E-state index in [1.807, 2.05) is 0 Å². The van der Waals surface area contributed by atoms with E-state index < -0.39 is 22.0 Å². The number of fused-ring (bicyclic) bond motifs is 1. The van der Waals surface area contributed by atoms with Crippen LogP contribution in [-0.2, 0) is 21.2 Å². The van der Waals surface area contributed by atoms with Gasteiger partial charge in [-0.15, -0.1) is 0 Å². The van der Waals surface area contributed by atoms with Crippen LogP contribution in [0.5, 0.6) is 5.75 Å². The Balaban J connectivity index is 1.76. The van der Waals surface area contributed by atoms with Crippen LogP contribution in [-0.4, -0.2) is 40.3 Å². The summed E-state index contributed by atoms with van der Waals surface area (Å²) in [6.45, 7) is 0.363. The molecule has 3 rings (SSSR count). The lowest BCUT2D eigenvalue weighted by Crippen LogP contribution is -2.27. The fraction of sp³-hybridized carbons (Fsp3) is 0.222. The van der Waals surface area contributed by atoms with Gasteiger partial charge in [0.25, 0.3) is 0 Å². The van der Waals surface area contributed by atoms with E-state index in [0.29, 0.717) is 35.5 Å². The molecule has 0 saturated carbocycles. The maximum atomic E-state index is 12.3. The molecule has 0 atom stereocenters. The van der Waals surface area contributed by atoms with Gasteiger partial charge in [-0.05, 0) is 54.4 Å². The number of rotatable bonds is 4. The molecule has 0 radical (unpaired) electrons. The van der Waals surface area contributed by atoms with E-state index in [-0.39, 0.29) is 0 Å². The SMILES string of the molecule is COC(=O)c1ccc(OC(=O)c2ccc3c(c2)CCN3S(C)(=O)=O)cc1. The molecule has 2 aromatic carbocycles. The van der Waals surface area contributed by atoms with Crippen LogP contribution in [0.4, 0.5) is 5.69 Å². The van der Waals surface area contributed by atoms with Gasteiger partial charge in [0.2, 0.25) is 10.0 Å². The predicted molar refractivity (Wildman–Crippen MR) is 95.1 cm³/mol. The van der Waals surface area contributed by atoms with Crippen molar-refractivity contribution in [2.45, 2.75) is 6.42 Å². The van der Waals surface area contributed by atoms with E-state index >= 15 is 0 Å². The normalized spacial score (nSPS) is 13.2. The van der Waals surface area contributed by atoms with Crippen LogP contribution in [0.1, 0.15) is 26.3 Å². The number of methoxy groups -OCH3 is 1. The second-order valence-corrected chi connectivity index (χ2v) is 7.74. The minimum atomic E-state index is -3.33. The first kappa shape index (κ1) is 17.9. The van der Waals surface area contributed by atoms with Crippen LogP contribution in [0.25, 0.3) is 0 Å². The van der Waals surface area contributed by atoms with Gasteiger partial charge in [-0.25, -0.2) is 18.0 Å². The minimum Gasteiger partial charge on any atom is -0.465 e. The van der Waals surface area contributed by atoms with Crippen molar-refractivity contribution < 1.29 is 27.5 Å². The number of carbonyl (C=O) groups is 2. The monoisotopic (exact) mass is 375 g/mol. The number of sulfonamides is 1. The lowest BCUT2D eigenvalue weighted by molar-refractivity contribution is 0.0600. The zero-order chi connectivity index (χ0) is 18.9. The van der Waals surface area contributed by atoms with Gasteiger partial charge in [0.05, 0.1) is 30.2 Å². The number of anilines is 1. The van der Waals surface area contributed by atoms with Crippen molar-refractivity contribution in [3.05, 3.63) is 59.2 Å². The van der Waals surface area contributed by atoms with Gasteiger partial charge in [0.15, 0.2) is 0 Å². The first-order chi connectivity index (χ1) is 12.3. The smallest absolute Gasteiger partial charge is 0.343 e. The molecule has 0 N–H and O–H groups in total. The highest BCUT2D eigenvalue weighted by atomic mass is 32.2. The molecule has 0 unspecified atom stereocenters. The van der Waals surface area contributed by atoms with Crippen molar-refractivity contribution in [2.75, 3.05) is 24.2 Å². The average Bonchev–Trinajstić information content (AvgIpc) is 3.05. The Morgan fingerprint density at radius 1 is 1.00 bits per heavy atom. The second-order valence-electron chi connectivity index (χ2n) is 5.83. The lowest BCUT2D eigenvalue weighted by Gasteiger charge is -2.16. The van der Waals surface area contributed by atoms with E-state index in [4.69, 9.17) is 4.74 Å². The fourth-order valence-electron chi connectivity index (χ4n) is 2.79.